The van der Waals surface area contributed by atoms with Gasteiger partial charge in [-0.3, -0.25) is 0 Å². The van der Waals surface area contributed by atoms with Gasteiger partial charge in [-0.25, -0.2) is 9.97 Å². The van der Waals surface area contributed by atoms with Crippen LogP contribution in [-0.4, -0.2) is 36.1 Å². The van der Waals surface area contributed by atoms with Gasteiger partial charge in [0.2, 0.25) is 0 Å². The lowest BCUT2D eigenvalue weighted by molar-refractivity contribution is 1.27. The molecule has 9 rings (SSSR count). The molecule has 0 fully saturated rings. The van der Waals surface area contributed by atoms with Gasteiger partial charge in [0.1, 0.15) is 16.1 Å². The first-order valence-electron chi connectivity index (χ1n) is 20.7. The standard InChI is InChI=1S/C54H44I2N4Si2/c1-61(2,3)33-31-35-7-11-37(12-8-35)51-43-23-27-47(57-43)53(39-15-19-41(55)20-16-39)49-29-25-45(59-49)52(38-13-9-36(10-14-38)32-34-62(4,5)6)46-26-30-50(60-46)54(48-28-24-44(51)58-48)40-17-21-42(56)22-18-40/h7-30,57-58H,1-6H3. The zero-order valence-electron chi connectivity index (χ0n) is 35.5. The van der Waals surface area contributed by atoms with Crippen molar-refractivity contribution in [1.29, 1.82) is 0 Å². The summed E-state index contributed by atoms with van der Waals surface area (Å²) in [6.07, 6.45) is 8.56. The topological polar surface area (TPSA) is 57.4 Å². The number of aromatic nitrogens is 4. The highest BCUT2D eigenvalue weighted by Gasteiger charge is 2.20. The minimum atomic E-state index is -1.54. The summed E-state index contributed by atoms with van der Waals surface area (Å²) in [5.41, 5.74) is 24.8. The fourth-order valence-electron chi connectivity index (χ4n) is 7.61. The molecule has 4 aromatic carbocycles. The molecule has 5 heterocycles. The SMILES string of the molecule is C[Si](C)(C)C#Cc1ccc(-c2c3nc(c(-c4ccc(I)cc4)c4ccc([nH]4)c(-c4ccc(C#C[Si](C)(C)C)cc4)c4ccc([nH]4)c(-c4ccc(I)cc4)c4nc2C=C4)C=C3)cc1. The van der Waals surface area contributed by atoms with Crippen LogP contribution in [0.1, 0.15) is 33.9 Å². The van der Waals surface area contributed by atoms with E-state index in [0.717, 1.165) is 100 Å². The van der Waals surface area contributed by atoms with E-state index in [1.165, 1.54) is 7.14 Å². The van der Waals surface area contributed by atoms with E-state index >= 15 is 0 Å². The molecule has 62 heavy (non-hydrogen) atoms. The number of hydrogen-bond donors (Lipinski definition) is 2. The Morgan fingerprint density at radius 3 is 1.02 bits per heavy atom. The second-order valence-corrected chi connectivity index (χ2v) is 29.7. The number of hydrogen-bond acceptors (Lipinski definition) is 2. The first-order chi connectivity index (χ1) is 29.7. The molecule has 0 radical (unpaired) electrons. The predicted octanol–water partition coefficient (Wildman–Crippen LogP) is 15.0. The zero-order valence-corrected chi connectivity index (χ0v) is 41.8. The fraction of sp³-hybridized carbons (Fsp3) is 0.111. The molecule has 8 bridgehead atoms. The highest BCUT2D eigenvalue weighted by molar-refractivity contribution is 14.1. The van der Waals surface area contributed by atoms with E-state index in [1.54, 1.807) is 0 Å². The lowest BCUT2D eigenvalue weighted by Gasteiger charge is -2.08. The largest absolute Gasteiger partial charge is 0.354 e. The molecule has 302 valence electrons. The lowest BCUT2D eigenvalue weighted by Crippen LogP contribution is -2.16. The summed E-state index contributed by atoms with van der Waals surface area (Å²) in [6, 6.07) is 43.3. The van der Waals surface area contributed by atoms with Crippen molar-refractivity contribution in [2.75, 3.05) is 0 Å². The first kappa shape index (κ1) is 41.8. The summed E-state index contributed by atoms with van der Waals surface area (Å²) < 4.78 is 2.35. The lowest BCUT2D eigenvalue weighted by atomic mass is 10.0. The molecule has 3 aromatic heterocycles. The van der Waals surface area contributed by atoms with Gasteiger partial charge in [-0.2, -0.15) is 0 Å². The van der Waals surface area contributed by atoms with E-state index in [1.807, 2.05) is 0 Å². The molecule has 2 N–H and O–H groups in total. The van der Waals surface area contributed by atoms with Crippen molar-refractivity contribution in [3.63, 3.8) is 0 Å². The minimum Gasteiger partial charge on any atom is -0.354 e. The summed E-state index contributed by atoms with van der Waals surface area (Å²) in [6.45, 7) is 13.6. The van der Waals surface area contributed by atoms with E-state index < -0.39 is 16.1 Å². The Balaban J connectivity index is 1.38. The first-order valence-corrected chi connectivity index (χ1v) is 29.9. The quantitative estimate of drug-likeness (QED) is 0.105. The van der Waals surface area contributed by atoms with Crippen molar-refractivity contribution < 1.29 is 0 Å². The number of fused-ring (bicyclic) bond motifs is 8. The van der Waals surface area contributed by atoms with Crippen molar-refractivity contribution >= 4 is 108 Å². The van der Waals surface area contributed by atoms with Gasteiger partial charge in [-0.1, -0.05) is 99.7 Å². The second-order valence-electron chi connectivity index (χ2n) is 17.7. The van der Waals surface area contributed by atoms with Gasteiger partial charge < -0.3 is 9.97 Å². The number of nitrogens with zero attached hydrogens (tertiary/aromatic N) is 2. The summed E-state index contributed by atoms with van der Waals surface area (Å²) in [7, 11) is -3.07. The molecular formula is C54H44I2N4Si2. The van der Waals surface area contributed by atoms with Crippen LogP contribution in [0.25, 0.3) is 90.9 Å². The van der Waals surface area contributed by atoms with Gasteiger partial charge in [-0.05, 0) is 165 Å². The highest BCUT2D eigenvalue weighted by Crippen LogP contribution is 2.39. The van der Waals surface area contributed by atoms with Gasteiger partial charge in [0.05, 0.1) is 22.8 Å². The third kappa shape index (κ3) is 9.16. The van der Waals surface area contributed by atoms with Crippen LogP contribution in [0.4, 0.5) is 0 Å². The molecule has 0 saturated heterocycles. The van der Waals surface area contributed by atoms with Gasteiger partial charge in [0.15, 0.2) is 0 Å². The van der Waals surface area contributed by atoms with Crippen LogP contribution in [-0.2, 0) is 0 Å². The number of halogens is 2. The van der Waals surface area contributed by atoms with Gasteiger partial charge in [-0.15, -0.1) is 11.1 Å². The molecule has 4 nitrogen and oxygen atoms in total. The maximum absolute atomic E-state index is 5.47. The van der Waals surface area contributed by atoms with Crippen LogP contribution < -0.4 is 0 Å². The summed E-state index contributed by atoms with van der Waals surface area (Å²) in [5.74, 6) is 6.87. The molecule has 0 atom stereocenters. The van der Waals surface area contributed by atoms with Crippen molar-refractivity contribution in [1.82, 2.24) is 19.9 Å². The summed E-state index contributed by atoms with van der Waals surface area (Å²) in [4.78, 5) is 18.7. The highest BCUT2D eigenvalue weighted by atomic mass is 127. The van der Waals surface area contributed by atoms with Crippen LogP contribution in [0.3, 0.4) is 0 Å². The number of H-pyrrole nitrogens is 2. The Bertz CT molecular complexity index is 3100. The van der Waals surface area contributed by atoms with E-state index in [4.69, 9.17) is 9.97 Å². The van der Waals surface area contributed by atoms with Gasteiger partial charge in [0.25, 0.3) is 0 Å². The molecular weight excluding hydrogens is 1010 g/mol. The zero-order chi connectivity index (χ0) is 43.2. The number of benzene rings is 4. The Hall–Kier alpha value is -5.51. The molecule has 0 amide bonds. The average molecular weight is 1060 g/mol. The smallest absolute Gasteiger partial charge is 0.129 e. The number of rotatable bonds is 4. The van der Waals surface area contributed by atoms with E-state index in [2.05, 4.69) is 263 Å². The number of nitrogens with one attached hydrogen (secondary N) is 2. The predicted molar refractivity (Wildman–Crippen MR) is 286 cm³/mol. The van der Waals surface area contributed by atoms with Gasteiger partial charge in [0, 0.05) is 62.6 Å². The third-order valence-electron chi connectivity index (χ3n) is 10.5. The van der Waals surface area contributed by atoms with Crippen molar-refractivity contribution in [3.05, 3.63) is 162 Å². The maximum atomic E-state index is 5.47. The summed E-state index contributed by atoms with van der Waals surface area (Å²) >= 11 is 4.74. The van der Waals surface area contributed by atoms with Crippen molar-refractivity contribution in [3.8, 4) is 67.4 Å². The molecule has 0 saturated carbocycles. The van der Waals surface area contributed by atoms with Crippen LogP contribution >= 0.6 is 45.2 Å². The molecule has 2 aliphatic rings. The summed E-state index contributed by atoms with van der Waals surface area (Å²) in [5, 5.41) is 0. The van der Waals surface area contributed by atoms with Gasteiger partial charge >= 0.3 is 0 Å². The molecule has 0 aliphatic carbocycles. The molecule has 2 aliphatic heterocycles. The molecule has 0 spiro atoms. The Morgan fingerprint density at radius 1 is 0.371 bits per heavy atom. The molecule has 7 aromatic rings. The van der Waals surface area contributed by atoms with Crippen molar-refractivity contribution in [2.45, 2.75) is 39.3 Å². The molecule has 0 unspecified atom stereocenters. The Morgan fingerprint density at radius 2 is 0.661 bits per heavy atom. The second kappa shape index (κ2) is 17.0. The monoisotopic (exact) mass is 1060 g/mol. The van der Waals surface area contributed by atoms with E-state index in [9.17, 15) is 0 Å². The molecule has 8 heteroatoms. The van der Waals surface area contributed by atoms with E-state index in [0.29, 0.717) is 0 Å². The van der Waals surface area contributed by atoms with Crippen molar-refractivity contribution in [2.24, 2.45) is 0 Å². The Labute approximate surface area is 393 Å². The fourth-order valence-corrected chi connectivity index (χ4v) is 9.37. The minimum absolute atomic E-state index is 0.856. The van der Waals surface area contributed by atoms with Crippen LogP contribution in [0.15, 0.2) is 121 Å². The van der Waals surface area contributed by atoms with Crippen LogP contribution in [0.2, 0.25) is 39.3 Å². The Kier molecular flexibility index (Phi) is 11.5. The normalized spacial score (nSPS) is 12.1. The van der Waals surface area contributed by atoms with Crippen LogP contribution in [0.5, 0.6) is 0 Å². The van der Waals surface area contributed by atoms with Crippen LogP contribution in [0, 0.1) is 30.1 Å². The maximum Gasteiger partial charge on any atom is 0.129 e. The number of aromatic amines is 2. The average Bonchev–Trinajstić information content (AvgIpc) is 4.09. The van der Waals surface area contributed by atoms with E-state index in [-0.39, 0.29) is 0 Å². The third-order valence-corrected chi connectivity index (χ3v) is 13.7.